The van der Waals surface area contributed by atoms with Gasteiger partial charge in [0.05, 0.1) is 5.60 Å². The predicted octanol–water partition coefficient (Wildman–Crippen LogP) is 6.99. The zero-order valence-corrected chi connectivity index (χ0v) is 15.5. The minimum Gasteiger partial charge on any atom is -0.385 e. The molecule has 0 spiro atoms. The van der Waals surface area contributed by atoms with Gasteiger partial charge in [-0.3, -0.25) is 0 Å². The average molecular weight is 319 g/mol. The van der Waals surface area contributed by atoms with E-state index in [4.69, 9.17) is 0 Å². The van der Waals surface area contributed by atoms with E-state index in [9.17, 15) is 5.11 Å². The fraction of sp³-hybridized carbons (Fsp3) is 0.727. The highest BCUT2D eigenvalue weighted by Crippen LogP contribution is 2.26. The number of benzene rings is 1. The van der Waals surface area contributed by atoms with Crippen LogP contribution in [0.25, 0.3) is 0 Å². The molecule has 1 heteroatoms. The van der Waals surface area contributed by atoms with Gasteiger partial charge in [0, 0.05) is 0 Å². The van der Waals surface area contributed by atoms with Gasteiger partial charge in [0.1, 0.15) is 0 Å². The van der Waals surface area contributed by atoms with Crippen LogP contribution in [-0.4, -0.2) is 5.11 Å². The van der Waals surface area contributed by atoms with E-state index in [0.29, 0.717) is 0 Å². The lowest BCUT2D eigenvalue weighted by atomic mass is 9.90. The van der Waals surface area contributed by atoms with Crippen molar-refractivity contribution in [2.75, 3.05) is 0 Å². The highest BCUT2D eigenvalue weighted by Gasteiger charge is 2.21. The number of hydrogen-bond donors (Lipinski definition) is 1. The first-order valence-electron chi connectivity index (χ1n) is 9.94. The second-order valence-corrected chi connectivity index (χ2v) is 7.28. The quantitative estimate of drug-likeness (QED) is 0.367. The molecule has 1 rings (SSSR count). The van der Waals surface area contributed by atoms with E-state index in [2.05, 4.69) is 6.92 Å². The maximum Gasteiger partial charge on any atom is 0.0868 e. The van der Waals surface area contributed by atoms with Crippen LogP contribution in [0.4, 0.5) is 0 Å². The first kappa shape index (κ1) is 20.2. The molecule has 0 radical (unpaired) electrons. The second kappa shape index (κ2) is 12.6. The molecule has 0 aliphatic carbocycles. The summed E-state index contributed by atoms with van der Waals surface area (Å²) in [5, 5.41) is 10.5. The molecular formula is C22H38O. The van der Waals surface area contributed by atoms with Crippen molar-refractivity contribution in [2.24, 2.45) is 0 Å². The van der Waals surface area contributed by atoms with Crippen molar-refractivity contribution in [1.82, 2.24) is 0 Å². The first-order chi connectivity index (χ1) is 11.2. The van der Waals surface area contributed by atoms with Crippen molar-refractivity contribution in [3.63, 3.8) is 0 Å². The summed E-state index contributed by atoms with van der Waals surface area (Å²) in [6, 6.07) is 10.1. The highest BCUT2D eigenvalue weighted by atomic mass is 16.3. The normalized spacial score (nSPS) is 13.9. The molecule has 132 valence electrons. The van der Waals surface area contributed by atoms with Gasteiger partial charge < -0.3 is 5.11 Å². The average Bonchev–Trinajstić information content (AvgIpc) is 2.56. The lowest BCUT2D eigenvalue weighted by molar-refractivity contribution is 0.0448. The molecule has 0 fully saturated rings. The molecule has 0 heterocycles. The largest absolute Gasteiger partial charge is 0.385 e. The number of aliphatic hydroxyl groups is 1. The molecule has 1 atom stereocenters. The summed E-state index contributed by atoms with van der Waals surface area (Å²) in [5.74, 6) is 0. The van der Waals surface area contributed by atoms with Crippen LogP contribution >= 0.6 is 0 Å². The Morgan fingerprint density at radius 1 is 0.696 bits per heavy atom. The number of unbranched alkanes of at least 4 members (excludes halogenated alkanes) is 11. The maximum atomic E-state index is 10.5. The number of rotatable bonds is 14. The maximum absolute atomic E-state index is 10.5. The lowest BCUT2D eigenvalue weighted by Gasteiger charge is -2.23. The van der Waals surface area contributed by atoms with Gasteiger partial charge >= 0.3 is 0 Å². The minimum absolute atomic E-state index is 0.667. The van der Waals surface area contributed by atoms with E-state index in [1.54, 1.807) is 0 Å². The van der Waals surface area contributed by atoms with Gasteiger partial charge in [0.15, 0.2) is 0 Å². The van der Waals surface area contributed by atoms with Crippen molar-refractivity contribution < 1.29 is 5.11 Å². The first-order valence-corrected chi connectivity index (χ1v) is 9.94. The van der Waals surface area contributed by atoms with Crippen LogP contribution < -0.4 is 0 Å². The molecule has 1 aromatic carbocycles. The molecule has 0 saturated carbocycles. The SMILES string of the molecule is CCCCCCCCCCCCCCC(C)(O)c1ccccc1. The molecular weight excluding hydrogens is 280 g/mol. The standard InChI is InChI=1S/C22H38O/c1-3-4-5-6-7-8-9-10-11-12-13-17-20-22(2,23)21-18-15-14-16-19-21/h14-16,18-19,23H,3-13,17,20H2,1-2H3. The lowest BCUT2D eigenvalue weighted by Crippen LogP contribution is -2.20. The molecule has 0 aromatic heterocycles. The van der Waals surface area contributed by atoms with Crippen molar-refractivity contribution in [3.05, 3.63) is 35.9 Å². The van der Waals surface area contributed by atoms with Crippen LogP contribution in [-0.2, 0) is 5.60 Å². The summed E-state index contributed by atoms with van der Waals surface area (Å²) in [4.78, 5) is 0. The Balaban J connectivity index is 1.93. The van der Waals surface area contributed by atoms with E-state index >= 15 is 0 Å². The van der Waals surface area contributed by atoms with Crippen LogP contribution in [0.5, 0.6) is 0 Å². The predicted molar refractivity (Wildman–Crippen MR) is 102 cm³/mol. The van der Waals surface area contributed by atoms with E-state index in [0.717, 1.165) is 18.4 Å². The third-order valence-electron chi connectivity index (χ3n) is 4.91. The fourth-order valence-corrected chi connectivity index (χ4v) is 3.25. The molecule has 1 N–H and O–H groups in total. The van der Waals surface area contributed by atoms with Gasteiger partial charge in [-0.05, 0) is 18.9 Å². The van der Waals surface area contributed by atoms with Crippen molar-refractivity contribution in [3.8, 4) is 0 Å². The smallest absolute Gasteiger partial charge is 0.0868 e. The van der Waals surface area contributed by atoms with Crippen LogP contribution in [0.3, 0.4) is 0 Å². The molecule has 1 nitrogen and oxygen atoms in total. The Kier molecular flexibility index (Phi) is 11.1. The molecule has 23 heavy (non-hydrogen) atoms. The van der Waals surface area contributed by atoms with Crippen LogP contribution in [0.15, 0.2) is 30.3 Å². The highest BCUT2D eigenvalue weighted by molar-refractivity contribution is 5.21. The van der Waals surface area contributed by atoms with E-state index in [-0.39, 0.29) is 0 Å². The van der Waals surface area contributed by atoms with Crippen molar-refractivity contribution >= 4 is 0 Å². The summed E-state index contributed by atoms with van der Waals surface area (Å²) >= 11 is 0. The van der Waals surface area contributed by atoms with Crippen LogP contribution in [0.2, 0.25) is 0 Å². The summed E-state index contributed by atoms with van der Waals surface area (Å²) in [5.41, 5.74) is 0.378. The molecule has 0 aliphatic heterocycles. The second-order valence-electron chi connectivity index (χ2n) is 7.28. The Morgan fingerprint density at radius 2 is 1.13 bits per heavy atom. The van der Waals surface area contributed by atoms with Gasteiger partial charge in [-0.2, -0.15) is 0 Å². The van der Waals surface area contributed by atoms with Gasteiger partial charge in [0.2, 0.25) is 0 Å². The zero-order valence-electron chi connectivity index (χ0n) is 15.5. The summed E-state index contributed by atoms with van der Waals surface area (Å²) < 4.78 is 0. The minimum atomic E-state index is -0.667. The van der Waals surface area contributed by atoms with Crippen LogP contribution in [0, 0.1) is 0 Å². The molecule has 1 aromatic rings. The molecule has 0 saturated heterocycles. The third kappa shape index (κ3) is 9.81. The summed E-state index contributed by atoms with van der Waals surface area (Å²) in [7, 11) is 0. The van der Waals surface area contributed by atoms with Gasteiger partial charge in [0.25, 0.3) is 0 Å². The Morgan fingerprint density at radius 3 is 1.61 bits per heavy atom. The van der Waals surface area contributed by atoms with E-state index < -0.39 is 5.60 Å². The summed E-state index contributed by atoms with van der Waals surface area (Å²) in [6.07, 6.45) is 17.2. The van der Waals surface area contributed by atoms with E-state index in [1.807, 2.05) is 37.3 Å². The third-order valence-corrected chi connectivity index (χ3v) is 4.91. The van der Waals surface area contributed by atoms with Gasteiger partial charge in [-0.1, -0.05) is 114 Å². The molecule has 0 aliphatic rings. The topological polar surface area (TPSA) is 20.2 Å². The Hall–Kier alpha value is -0.820. The molecule has 0 amide bonds. The van der Waals surface area contributed by atoms with Gasteiger partial charge in [-0.15, -0.1) is 0 Å². The zero-order chi connectivity index (χ0) is 16.8. The monoisotopic (exact) mass is 318 g/mol. The van der Waals surface area contributed by atoms with Gasteiger partial charge in [-0.25, -0.2) is 0 Å². The van der Waals surface area contributed by atoms with Crippen LogP contribution in [0.1, 0.15) is 103 Å². The van der Waals surface area contributed by atoms with E-state index in [1.165, 1.54) is 70.6 Å². The number of hydrogen-bond acceptors (Lipinski definition) is 1. The molecule has 0 bridgehead atoms. The van der Waals surface area contributed by atoms with Crippen molar-refractivity contribution in [1.29, 1.82) is 0 Å². The molecule has 1 unspecified atom stereocenters. The Labute approximate surface area is 144 Å². The Bertz CT molecular complexity index is 369. The van der Waals surface area contributed by atoms with Crippen molar-refractivity contribution in [2.45, 2.75) is 103 Å². The summed E-state index contributed by atoms with van der Waals surface area (Å²) in [6.45, 7) is 4.22. The fourth-order valence-electron chi connectivity index (χ4n) is 3.25.